The van der Waals surface area contributed by atoms with Crippen LogP contribution in [0.25, 0.3) is 0 Å². The summed E-state index contributed by atoms with van der Waals surface area (Å²) in [5.74, 6) is -0.182. The second-order valence-electron chi connectivity index (χ2n) is 5.71. The topological polar surface area (TPSA) is 55.4 Å². The maximum Gasteiger partial charge on any atom is 0.408 e. The molecule has 0 unspecified atom stereocenters. The minimum atomic E-state index is -0.606. The predicted molar refractivity (Wildman–Crippen MR) is 86.1 cm³/mol. The quantitative estimate of drug-likeness (QED) is 0.826. The molecule has 4 nitrogen and oxygen atoms in total. The summed E-state index contributed by atoms with van der Waals surface area (Å²) < 4.78 is 6.14. The van der Waals surface area contributed by atoms with Crippen molar-refractivity contribution in [1.82, 2.24) is 5.32 Å². The predicted octanol–water partition coefficient (Wildman–Crippen LogP) is 4.16. The lowest BCUT2D eigenvalue weighted by Gasteiger charge is -2.24. The molecule has 1 rings (SSSR count). The van der Waals surface area contributed by atoms with Crippen LogP contribution < -0.4 is 5.32 Å². The highest BCUT2D eigenvalue weighted by atomic mass is 79.9. The number of alkyl carbamates (subject to hydrolysis) is 1. The van der Waals surface area contributed by atoms with E-state index >= 15 is 0 Å². The summed E-state index contributed by atoms with van der Waals surface area (Å²) in [6.45, 7) is 10.5. The molecule has 1 aromatic rings. The molecule has 0 aliphatic carbocycles. The van der Waals surface area contributed by atoms with Crippen molar-refractivity contribution < 1.29 is 14.3 Å². The highest BCUT2D eigenvalue weighted by molar-refractivity contribution is 9.10. The number of carbonyl (C=O) groups excluding carboxylic acids is 2. The summed E-state index contributed by atoms with van der Waals surface area (Å²) in [5.41, 5.74) is 0.471. The Hall–Kier alpha value is -1.62. The van der Waals surface area contributed by atoms with E-state index in [1.165, 1.54) is 6.92 Å². The summed E-state index contributed by atoms with van der Waals surface area (Å²) in [6, 6.07) is 6.71. The number of halogens is 1. The van der Waals surface area contributed by atoms with E-state index in [1.807, 2.05) is 24.3 Å². The van der Waals surface area contributed by atoms with Gasteiger partial charge in [-0.1, -0.05) is 34.6 Å². The summed E-state index contributed by atoms with van der Waals surface area (Å²) in [4.78, 5) is 23.5. The summed E-state index contributed by atoms with van der Waals surface area (Å²) in [6.07, 6.45) is -0.585. The second-order valence-corrected chi connectivity index (χ2v) is 6.63. The van der Waals surface area contributed by atoms with Crippen LogP contribution in [0.15, 0.2) is 40.9 Å². The van der Waals surface area contributed by atoms with Crippen LogP contribution in [0.1, 0.15) is 39.3 Å². The van der Waals surface area contributed by atoms with Gasteiger partial charge in [-0.05, 0) is 45.4 Å². The number of Topliss-reactive ketones (excluding diaryl/α,β-unsaturated/α-hetero) is 1. The van der Waals surface area contributed by atoms with Gasteiger partial charge in [-0.2, -0.15) is 0 Å². The Morgan fingerprint density at radius 1 is 1.24 bits per heavy atom. The van der Waals surface area contributed by atoms with E-state index < -0.39 is 17.7 Å². The molecule has 114 valence electrons. The van der Waals surface area contributed by atoms with E-state index in [4.69, 9.17) is 4.74 Å². The number of ketones is 1. The number of benzene rings is 1. The van der Waals surface area contributed by atoms with Gasteiger partial charge in [0, 0.05) is 10.0 Å². The van der Waals surface area contributed by atoms with Crippen LogP contribution in [0.4, 0.5) is 4.79 Å². The van der Waals surface area contributed by atoms with E-state index in [1.54, 1.807) is 20.8 Å². The zero-order valence-corrected chi connectivity index (χ0v) is 14.3. The molecule has 0 saturated carbocycles. The van der Waals surface area contributed by atoms with Crippen molar-refractivity contribution in [2.45, 2.75) is 39.3 Å². The standard InChI is InChI=1S/C16H20BrNO3/c1-10(11(2)19)14(12-6-8-13(17)9-7-12)18-15(20)21-16(3,4)5/h6-9,14H,1H2,2-5H3,(H,18,20)/t14-/m0/s1. The third-order valence-electron chi connectivity index (χ3n) is 2.67. The van der Waals surface area contributed by atoms with E-state index in [2.05, 4.69) is 27.8 Å². The molecule has 0 aromatic heterocycles. The Bertz CT molecular complexity index is 544. The third-order valence-corrected chi connectivity index (χ3v) is 3.19. The number of rotatable bonds is 4. The number of nitrogens with one attached hydrogen (secondary N) is 1. The molecule has 5 heteroatoms. The molecule has 0 fully saturated rings. The minimum Gasteiger partial charge on any atom is -0.444 e. The maximum atomic E-state index is 11.9. The molecule has 0 aliphatic rings. The molecule has 0 aliphatic heterocycles. The summed E-state index contributed by atoms with van der Waals surface area (Å²) in [7, 11) is 0. The van der Waals surface area contributed by atoms with Gasteiger partial charge < -0.3 is 10.1 Å². The lowest BCUT2D eigenvalue weighted by Crippen LogP contribution is -2.36. The Kier molecular flexibility index (Phi) is 5.72. The van der Waals surface area contributed by atoms with E-state index in [9.17, 15) is 9.59 Å². The maximum absolute atomic E-state index is 11.9. The van der Waals surface area contributed by atoms with Gasteiger partial charge in [-0.15, -0.1) is 0 Å². The second kappa shape index (κ2) is 6.89. The molecule has 21 heavy (non-hydrogen) atoms. The molecular weight excluding hydrogens is 334 g/mol. The molecule has 0 spiro atoms. The first-order valence-corrected chi connectivity index (χ1v) is 7.34. The van der Waals surface area contributed by atoms with Crippen LogP contribution in [-0.2, 0) is 9.53 Å². The molecule has 0 radical (unpaired) electrons. The van der Waals surface area contributed by atoms with Gasteiger partial charge in [0.15, 0.2) is 5.78 Å². The van der Waals surface area contributed by atoms with E-state index in [-0.39, 0.29) is 5.78 Å². The molecule has 1 N–H and O–H groups in total. The van der Waals surface area contributed by atoms with Crippen molar-refractivity contribution in [2.24, 2.45) is 0 Å². The SMILES string of the molecule is C=C(C(C)=O)[C@H](NC(=O)OC(C)(C)C)c1ccc(Br)cc1. The van der Waals surface area contributed by atoms with Crippen LogP contribution in [0.5, 0.6) is 0 Å². The van der Waals surface area contributed by atoms with Gasteiger partial charge >= 0.3 is 6.09 Å². The van der Waals surface area contributed by atoms with Gasteiger partial charge in [-0.25, -0.2) is 4.79 Å². The lowest BCUT2D eigenvalue weighted by atomic mass is 9.97. The molecular formula is C16H20BrNO3. The van der Waals surface area contributed by atoms with Crippen LogP contribution in [0.2, 0.25) is 0 Å². The van der Waals surface area contributed by atoms with Crippen LogP contribution >= 0.6 is 15.9 Å². The van der Waals surface area contributed by atoms with Crippen molar-refractivity contribution in [2.75, 3.05) is 0 Å². The average molecular weight is 354 g/mol. The summed E-state index contributed by atoms with van der Waals surface area (Å²) in [5, 5.41) is 2.69. The zero-order valence-electron chi connectivity index (χ0n) is 12.7. The Morgan fingerprint density at radius 2 is 1.76 bits per heavy atom. The van der Waals surface area contributed by atoms with Crippen molar-refractivity contribution in [3.05, 3.63) is 46.5 Å². The monoisotopic (exact) mass is 353 g/mol. The highest BCUT2D eigenvalue weighted by Gasteiger charge is 2.24. The smallest absolute Gasteiger partial charge is 0.408 e. The lowest BCUT2D eigenvalue weighted by molar-refractivity contribution is -0.113. The Labute approximate surface area is 133 Å². The van der Waals surface area contributed by atoms with E-state index in [0.29, 0.717) is 5.57 Å². The van der Waals surface area contributed by atoms with Gasteiger partial charge in [0.1, 0.15) is 5.60 Å². The van der Waals surface area contributed by atoms with Gasteiger partial charge in [0.2, 0.25) is 0 Å². The van der Waals surface area contributed by atoms with Crippen LogP contribution in [0, 0.1) is 0 Å². The highest BCUT2D eigenvalue weighted by Crippen LogP contribution is 2.23. The van der Waals surface area contributed by atoms with E-state index in [0.717, 1.165) is 10.0 Å². The fraction of sp³-hybridized carbons (Fsp3) is 0.375. The Morgan fingerprint density at radius 3 is 2.19 bits per heavy atom. The third kappa shape index (κ3) is 5.71. The van der Waals surface area contributed by atoms with Crippen molar-refractivity contribution in [3.8, 4) is 0 Å². The number of hydrogen-bond donors (Lipinski definition) is 1. The molecule has 1 aromatic carbocycles. The number of amides is 1. The first-order valence-electron chi connectivity index (χ1n) is 6.55. The molecule has 0 saturated heterocycles. The largest absolute Gasteiger partial charge is 0.444 e. The first-order chi connectivity index (χ1) is 9.60. The summed E-state index contributed by atoms with van der Waals surface area (Å²) >= 11 is 3.35. The van der Waals surface area contributed by atoms with Gasteiger partial charge in [-0.3, -0.25) is 4.79 Å². The molecule has 0 heterocycles. The first kappa shape index (κ1) is 17.4. The molecule has 1 amide bonds. The van der Waals surface area contributed by atoms with Crippen molar-refractivity contribution in [1.29, 1.82) is 0 Å². The zero-order chi connectivity index (χ0) is 16.2. The number of hydrogen-bond acceptors (Lipinski definition) is 3. The normalized spacial score (nSPS) is 12.4. The molecule has 1 atom stereocenters. The number of ether oxygens (including phenoxy) is 1. The number of carbonyl (C=O) groups is 2. The minimum absolute atomic E-state index is 0.182. The van der Waals surface area contributed by atoms with Gasteiger partial charge in [0.25, 0.3) is 0 Å². The fourth-order valence-corrected chi connectivity index (χ4v) is 1.92. The van der Waals surface area contributed by atoms with Crippen LogP contribution in [-0.4, -0.2) is 17.5 Å². The van der Waals surface area contributed by atoms with Crippen molar-refractivity contribution >= 4 is 27.8 Å². The van der Waals surface area contributed by atoms with Gasteiger partial charge in [0.05, 0.1) is 6.04 Å². The fourth-order valence-electron chi connectivity index (χ4n) is 1.66. The van der Waals surface area contributed by atoms with Crippen molar-refractivity contribution in [3.63, 3.8) is 0 Å². The molecule has 0 bridgehead atoms. The Balaban J connectivity index is 2.98. The van der Waals surface area contributed by atoms with Crippen LogP contribution in [0.3, 0.4) is 0 Å². The average Bonchev–Trinajstić information content (AvgIpc) is 2.34.